The number of carbonyl (C=O) groups excluding carboxylic acids is 1. The number of carbonyl (C=O) groups is 1. The summed E-state index contributed by atoms with van der Waals surface area (Å²) in [5.74, 6) is -0.205. The number of hydrogen-bond acceptors (Lipinski definition) is 3. The molecule has 0 saturated carbocycles. The summed E-state index contributed by atoms with van der Waals surface area (Å²) in [5, 5.41) is 5.78. The molecule has 1 aromatic heterocycles. The van der Waals surface area contributed by atoms with Gasteiger partial charge in [-0.2, -0.15) is 0 Å². The molecule has 1 aliphatic rings. The minimum Gasteiger partial charge on any atom is -0.309 e. The molecule has 17 heavy (non-hydrogen) atoms. The molecule has 2 N–H and O–H groups in total. The Labute approximate surface area is 98.9 Å². The van der Waals surface area contributed by atoms with E-state index in [-0.39, 0.29) is 11.9 Å². The predicted octanol–water partition coefficient (Wildman–Crippen LogP) is 1.71. The average Bonchev–Trinajstić information content (AvgIpc) is 2.83. The van der Waals surface area contributed by atoms with Gasteiger partial charge in [0, 0.05) is 11.8 Å². The number of aromatic nitrogens is 1. The maximum absolute atomic E-state index is 12.7. The van der Waals surface area contributed by atoms with Gasteiger partial charge in [-0.05, 0) is 31.5 Å². The predicted molar refractivity (Wildman–Crippen MR) is 64.0 cm³/mol. The van der Waals surface area contributed by atoms with Crippen molar-refractivity contribution in [1.29, 1.82) is 0 Å². The molecule has 1 atom stereocenters. The highest BCUT2D eigenvalue weighted by Crippen LogP contribution is 2.14. The van der Waals surface area contributed by atoms with E-state index >= 15 is 0 Å². The molecular formula is C12H14FN3O. The van der Waals surface area contributed by atoms with Crippen LogP contribution in [0.15, 0.2) is 24.9 Å². The first-order valence-corrected chi connectivity index (χ1v) is 5.52. The third-order valence-corrected chi connectivity index (χ3v) is 2.70. The van der Waals surface area contributed by atoms with Gasteiger partial charge in [-0.25, -0.2) is 9.37 Å². The zero-order valence-electron chi connectivity index (χ0n) is 9.37. The summed E-state index contributed by atoms with van der Waals surface area (Å²) in [4.78, 5) is 15.7. The molecule has 1 saturated heterocycles. The van der Waals surface area contributed by atoms with Crippen LogP contribution in [0.3, 0.4) is 0 Å². The van der Waals surface area contributed by atoms with Crippen LogP contribution in [0.1, 0.15) is 18.4 Å². The quantitative estimate of drug-likeness (QED) is 0.838. The van der Waals surface area contributed by atoms with E-state index in [1.165, 1.54) is 12.3 Å². The molecule has 0 spiro atoms. The van der Waals surface area contributed by atoms with Crippen LogP contribution in [-0.4, -0.2) is 23.5 Å². The van der Waals surface area contributed by atoms with E-state index in [4.69, 9.17) is 0 Å². The number of pyridine rings is 1. The Balaban J connectivity index is 1.98. The highest BCUT2D eigenvalue weighted by Gasteiger charge is 2.22. The number of halogens is 1. The molecule has 1 aromatic rings. The van der Waals surface area contributed by atoms with Crippen molar-refractivity contribution in [1.82, 2.24) is 10.3 Å². The monoisotopic (exact) mass is 235 g/mol. The molecule has 4 nitrogen and oxygen atoms in total. The van der Waals surface area contributed by atoms with Gasteiger partial charge in [0.15, 0.2) is 0 Å². The second kappa shape index (κ2) is 5.05. The minimum atomic E-state index is -0.534. The lowest BCUT2D eigenvalue weighted by atomic mass is 10.2. The smallest absolute Gasteiger partial charge is 0.242 e. The fourth-order valence-corrected chi connectivity index (χ4v) is 1.75. The molecule has 0 aromatic carbocycles. The van der Waals surface area contributed by atoms with Crippen LogP contribution in [0.4, 0.5) is 10.2 Å². The van der Waals surface area contributed by atoms with Crippen LogP contribution >= 0.6 is 0 Å². The molecule has 0 bridgehead atoms. The Morgan fingerprint density at radius 3 is 2.94 bits per heavy atom. The lowest BCUT2D eigenvalue weighted by molar-refractivity contribution is -0.117. The number of nitrogens with zero attached hydrogens (tertiary/aromatic N) is 1. The Kier molecular flexibility index (Phi) is 3.49. The van der Waals surface area contributed by atoms with Crippen LogP contribution in [0, 0.1) is 0 Å². The summed E-state index contributed by atoms with van der Waals surface area (Å²) < 4.78 is 12.7. The molecular weight excluding hydrogens is 221 g/mol. The van der Waals surface area contributed by atoms with Gasteiger partial charge in [0.1, 0.15) is 11.6 Å². The maximum Gasteiger partial charge on any atom is 0.242 e. The minimum absolute atomic E-state index is 0.0955. The lowest BCUT2D eigenvalue weighted by Gasteiger charge is -2.10. The first-order chi connectivity index (χ1) is 8.16. The van der Waals surface area contributed by atoms with Gasteiger partial charge < -0.3 is 10.6 Å². The standard InChI is InChI=1S/C12H14FN3O/c1-8(13)9-4-5-11(15-7-9)16-12(17)10-3-2-6-14-10/h4-5,7,10,14H,1-3,6H2,(H,15,16,17). The van der Waals surface area contributed by atoms with Crippen LogP contribution < -0.4 is 10.6 Å². The van der Waals surface area contributed by atoms with Gasteiger partial charge in [0.25, 0.3) is 0 Å². The molecule has 90 valence electrons. The molecule has 1 fully saturated rings. The lowest BCUT2D eigenvalue weighted by Crippen LogP contribution is -2.35. The van der Waals surface area contributed by atoms with Crippen molar-refractivity contribution >= 4 is 17.6 Å². The highest BCUT2D eigenvalue weighted by atomic mass is 19.1. The molecule has 2 heterocycles. The van der Waals surface area contributed by atoms with Gasteiger partial charge in [-0.15, -0.1) is 0 Å². The van der Waals surface area contributed by atoms with Crippen molar-refractivity contribution in [2.45, 2.75) is 18.9 Å². The summed E-state index contributed by atoms with van der Waals surface area (Å²) in [6, 6.07) is 2.95. The second-order valence-corrected chi connectivity index (χ2v) is 3.98. The van der Waals surface area contributed by atoms with Crippen molar-refractivity contribution in [3.8, 4) is 0 Å². The van der Waals surface area contributed by atoms with Crippen molar-refractivity contribution in [2.24, 2.45) is 0 Å². The van der Waals surface area contributed by atoms with Gasteiger partial charge in [-0.1, -0.05) is 6.58 Å². The summed E-state index contributed by atoms with van der Waals surface area (Å²) in [5.41, 5.74) is 0.321. The normalized spacial score (nSPS) is 19.0. The second-order valence-electron chi connectivity index (χ2n) is 3.98. The molecule has 1 unspecified atom stereocenters. The summed E-state index contributed by atoms with van der Waals surface area (Å²) in [6.45, 7) is 4.04. The van der Waals surface area contributed by atoms with Crippen molar-refractivity contribution in [3.63, 3.8) is 0 Å². The largest absolute Gasteiger partial charge is 0.309 e. The van der Waals surface area contributed by atoms with Crippen molar-refractivity contribution in [2.75, 3.05) is 11.9 Å². The zero-order valence-corrected chi connectivity index (χ0v) is 9.37. The van der Waals surface area contributed by atoms with E-state index < -0.39 is 5.83 Å². The van der Waals surface area contributed by atoms with E-state index in [0.29, 0.717) is 11.4 Å². The molecule has 2 rings (SSSR count). The van der Waals surface area contributed by atoms with Gasteiger partial charge in [0.05, 0.1) is 6.04 Å². The van der Waals surface area contributed by atoms with E-state index in [2.05, 4.69) is 22.2 Å². The first kappa shape index (κ1) is 11.7. The fourth-order valence-electron chi connectivity index (χ4n) is 1.75. The van der Waals surface area contributed by atoms with E-state index in [0.717, 1.165) is 19.4 Å². The number of anilines is 1. The zero-order chi connectivity index (χ0) is 12.3. The number of hydrogen-bond donors (Lipinski definition) is 2. The van der Waals surface area contributed by atoms with Crippen LogP contribution in [0.2, 0.25) is 0 Å². The Morgan fingerprint density at radius 2 is 2.41 bits per heavy atom. The van der Waals surface area contributed by atoms with E-state index in [1.807, 2.05) is 0 Å². The van der Waals surface area contributed by atoms with Crippen molar-refractivity contribution in [3.05, 3.63) is 30.5 Å². The Bertz CT molecular complexity index is 424. The Hall–Kier alpha value is -1.75. The van der Waals surface area contributed by atoms with Crippen molar-refractivity contribution < 1.29 is 9.18 Å². The number of amides is 1. The van der Waals surface area contributed by atoms with Crippen LogP contribution in [0.5, 0.6) is 0 Å². The van der Waals surface area contributed by atoms with E-state index in [1.54, 1.807) is 6.07 Å². The van der Waals surface area contributed by atoms with Gasteiger partial charge in [-0.3, -0.25) is 4.79 Å². The summed E-state index contributed by atoms with van der Waals surface area (Å²) in [7, 11) is 0. The summed E-state index contributed by atoms with van der Waals surface area (Å²) >= 11 is 0. The number of nitrogens with one attached hydrogen (secondary N) is 2. The topological polar surface area (TPSA) is 54.0 Å². The van der Waals surface area contributed by atoms with Gasteiger partial charge in [0.2, 0.25) is 5.91 Å². The molecule has 0 aliphatic carbocycles. The van der Waals surface area contributed by atoms with Crippen LogP contribution in [0.25, 0.3) is 5.83 Å². The van der Waals surface area contributed by atoms with Gasteiger partial charge >= 0.3 is 0 Å². The summed E-state index contributed by atoms with van der Waals surface area (Å²) in [6.07, 6.45) is 3.19. The maximum atomic E-state index is 12.7. The molecule has 5 heteroatoms. The average molecular weight is 235 g/mol. The van der Waals surface area contributed by atoms with E-state index in [9.17, 15) is 9.18 Å². The fraction of sp³-hybridized carbons (Fsp3) is 0.333. The van der Waals surface area contributed by atoms with Crippen LogP contribution in [-0.2, 0) is 4.79 Å². The SMILES string of the molecule is C=C(F)c1ccc(NC(=O)C2CCCN2)nc1. The first-order valence-electron chi connectivity index (χ1n) is 5.52. The third-order valence-electron chi connectivity index (χ3n) is 2.70. The third kappa shape index (κ3) is 2.88. The highest BCUT2D eigenvalue weighted by molar-refractivity contribution is 5.94. The number of rotatable bonds is 3. The Morgan fingerprint density at radius 1 is 1.59 bits per heavy atom. The molecule has 1 amide bonds. The molecule has 1 aliphatic heterocycles. The molecule has 0 radical (unpaired) electrons.